The molecule has 0 aliphatic heterocycles. The third kappa shape index (κ3) is 5.28. The zero-order valence-corrected chi connectivity index (χ0v) is 34.4. The molecule has 61 heavy (non-hydrogen) atoms. The van der Waals surface area contributed by atoms with Gasteiger partial charge < -0.3 is 0 Å². The molecule has 2 aliphatic rings. The quantitative estimate of drug-likeness (QED) is 0.174. The lowest BCUT2D eigenvalue weighted by molar-refractivity contribution is 0.666. The van der Waals surface area contributed by atoms with E-state index >= 15 is 0 Å². The van der Waals surface area contributed by atoms with Crippen molar-refractivity contribution in [3.05, 3.63) is 228 Å². The van der Waals surface area contributed by atoms with Crippen LogP contribution in [0.3, 0.4) is 0 Å². The van der Waals surface area contributed by atoms with E-state index in [2.05, 4.69) is 215 Å². The SMILES string of the molecule is CC1(C)c2ccc(-c3ccc(-c4cc(-c5ccc6c(c5)-c5ccccc5C6(C)c5ccccc5)nc(-c5ccccc5)n4)c4ccccc34)cc2-c2ccc3ccccc3c21. The molecule has 0 amide bonds. The number of rotatable bonds is 5. The van der Waals surface area contributed by atoms with Crippen LogP contribution in [0, 0.1) is 0 Å². The van der Waals surface area contributed by atoms with E-state index in [1.165, 1.54) is 77.4 Å². The number of hydrogen-bond acceptors (Lipinski definition) is 2. The average Bonchev–Trinajstić information content (AvgIpc) is 3.72. The molecule has 2 nitrogen and oxygen atoms in total. The van der Waals surface area contributed by atoms with E-state index in [4.69, 9.17) is 9.97 Å². The molecule has 0 saturated heterocycles. The molecular weight excluding hydrogens is 737 g/mol. The number of aromatic nitrogens is 2. The Morgan fingerprint density at radius 3 is 1.74 bits per heavy atom. The van der Waals surface area contributed by atoms with Crippen LogP contribution in [0.15, 0.2) is 200 Å². The summed E-state index contributed by atoms with van der Waals surface area (Å²) >= 11 is 0. The van der Waals surface area contributed by atoms with Crippen molar-refractivity contribution in [1.29, 1.82) is 0 Å². The lowest BCUT2D eigenvalue weighted by Gasteiger charge is -2.28. The Labute approximate surface area is 356 Å². The summed E-state index contributed by atoms with van der Waals surface area (Å²) in [7, 11) is 0. The Morgan fingerprint density at radius 1 is 0.344 bits per heavy atom. The van der Waals surface area contributed by atoms with Crippen molar-refractivity contribution in [2.45, 2.75) is 31.6 Å². The minimum Gasteiger partial charge on any atom is -0.228 e. The van der Waals surface area contributed by atoms with E-state index < -0.39 is 0 Å². The molecule has 0 bridgehead atoms. The summed E-state index contributed by atoms with van der Waals surface area (Å²) in [6.45, 7) is 7.11. The first-order valence-electron chi connectivity index (χ1n) is 21.3. The van der Waals surface area contributed by atoms with Gasteiger partial charge in [-0.3, -0.25) is 0 Å². The van der Waals surface area contributed by atoms with Gasteiger partial charge in [-0.1, -0.05) is 196 Å². The second-order valence-electron chi connectivity index (χ2n) is 17.4. The Balaban J connectivity index is 1.01. The van der Waals surface area contributed by atoms with Crippen molar-refractivity contribution >= 4 is 21.5 Å². The highest BCUT2D eigenvalue weighted by Crippen LogP contribution is 2.54. The summed E-state index contributed by atoms with van der Waals surface area (Å²) in [4.78, 5) is 10.6. The van der Waals surface area contributed by atoms with Crippen LogP contribution in [0.4, 0.5) is 0 Å². The number of benzene rings is 9. The van der Waals surface area contributed by atoms with Crippen LogP contribution < -0.4 is 0 Å². The molecule has 1 atom stereocenters. The van der Waals surface area contributed by atoms with Crippen LogP contribution in [-0.4, -0.2) is 9.97 Å². The van der Waals surface area contributed by atoms with E-state index in [9.17, 15) is 0 Å². The normalized spacial score (nSPS) is 15.7. The Bertz CT molecular complexity index is 3400. The molecule has 0 saturated carbocycles. The van der Waals surface area contributed by atoms with Crippen molar-refractivity contribution in [2.24, 2.45) is 0 Å². The smallest absolute Gasteiger partial charge is 0.160 e. The van der Waals surface area contributed by atoms with Gasteiger partial charge in [0.15, 0.2) is 5.82 Å². The highest BCUT2D eigenvalue weighted by atomic mass is 14.9. The predicted octanol–water partition coefficient (Wildman–Crippen LogP) is 15.1. The Hall–Kier alpha value is -7.42. The van der Waals surface area contributed by atoms with Gasteiger partial charge in [0.1, 0.15) is 0 Å². The molecule has 2 heteroatoms. The highest BCUT2D eigenvalue weighted by Gasteiger charge is 2.41. The molecule has 0 fully saturated rings. The fourth-order valence-electron chi connectivity index (χ4n) is 10.8. The topological polar surface area (TPSA) is 25.8 Å². The van der Waals surface area contributed by atoms with E-state index in [0.29, 0.717) is 5.82 Å². The molecule has 1 aromatic heterocycles. The molecule has 9 aromatic carbocycles. The van der Waals surface area contributed by atoms with Gasteiger partial charge in [-0.15, -0.1) is 0 Å². The minimum absolute atomic E-state index is 0.0963. The molecule has 1 unspecified atom stereocenters. The average molecular weight is 779 g/mol. The first-order chi connectivity index (χ1) is 29.9. The summed E-state index contributed by atoms with van der Waals surface area (Å²) in [5.41, 5.74) is 19.0. The van der Waals surface area contributed by atoms with Crippen LogP contribution >= 0.6 is 0 Å². The molecule has 10 aromatic rings. The number of hydrogen-bond donors (Lipinski definition) is 0. The van der Waals surface area contributed by atoms with E-state index in [1.54, 1.807) is 0 Å². The molecule has 1 heterocycles. The molecule has 288 valence electrons. The van der Waals surface area contributed by atoms with Crippen molar-refractivity contribution in [1.82, 2.24) is 9.97 Å². The number of nitrogens with zero attached hydrogens (tertiary/aromatic N) is 2. The summed E-state index contributed by atoms with van der Waals surface area (Å²) in [5, 5.41) is 5.00. The predicted molar refractivity (Wildman–Crippen MR) is 254 cm³/mol. The van der Waals surface area contributed by atoms with E-state index in [-0.39, 0.29) is 10.8 Å². The first kappa shape index (κ1) is 35.5. The molecule has 0 spiro atoms. The van der Waals surface area contributed by atoms with E-state index in [1.807, 2.05) is 6.07 Å². The maximum absolute atomic E-state index is 5.33. The van der Waals surface area contributed by atoms with Crippen LogP contribution in [0.2, 0.25) is 0 Å². The molecule has 0 radical (unpaired) electrons. The first-order valence-corrected chi connectivity index (χ1v) is 21.3. The highest BCUT2D eigenvalue weighted by molar-refractivity contribution is 6.06. The Morgan fingerprint density at radius 2 is 0.918 bits per heavy atom. The second-order valence-corrected chi connectivity index (χ2v) is 17.4. The third-order valence-electron chi connectivity index (χ3n) is 13.8. The van der Waals surface area contributed by atoms with Crippen molar-refractivity contribution in [3.8, 4) is 67.3 Å². The molecular formula is C59H42N2. The maximum Gasteiger partial charge on any atom is 0.160 e. The molecule has 0 N–H and O–H groups in total. The van der Waals surface area contributed by atoms with Gasteiger partial charge >= 0.3 is 0 Å². The van der Waals surface area contributed by atoms with Crippen LogP contribution in [0.25, 0.3) is 88.8 Å². The van der Waals surface area contributed by atoms with Crippen LogP contribution in [-0.2, 0) is 10.8 Å². The fraction of sp³-hybridized carbons (Fsp3) is 0.0847. The molecule has 2 aliphatic carbocycles. The standard InChI is InChI=1S/C59H42N2/c1-58(2)51-32-27-39(34-50(51)48-29-26-37-16-10-11-21-43(37)56(48)58)42-30-31-47(45-23-13-12-22-44(42)45)55-36-54(60-57(61-55)38-17-6-4-7-18-38)40-28-33-53-49(35-40)46-24-14-15-25-52(46)59(53,3)41-19-8-5-9-20-41/h4-36H,1-3H3. The van der Waals surface area contributed by atoms with Crippen LogP contribution in [0.5, 0.6) is 0 Å². The van der Waals surface area contributed by atoms with Gasteiger partial charge in [-0.2, -0.15) is 0 Å². The summed E-state index contributed by atoms with van der Waals surface area (Å²) in [6, 6.07) is 73.1. The van der Waals surface area contributed by atoms with Crippen molar-refractivity contribution in [2.75, 3.05) is 0 Å². The fourth-order valence-corrected chi connectivity index (χ4v) is 10.8. The maximum atomic E-state index is 5.33. The van der Waals surface area contributed by atoms with E-state index in [0.717, 1.165) is 33.5 Å². The lowest BCUT2D eigenvalue weighted by Crippen LogP contribution is -2.22. The van der Waals surface area contributed by atoms with Crippen molar-refractivity contribution < 1.29 is 0 Å². The zero-order chi connectivity index (χ0) is 40.9. The summed E-state index contributed by atoms with van der Waals surface area (Å²) < 4.78 is 0. The summed E-state index contributed by atoms with van der Waals surface area (Å²) in [6.07, 6.45) is 0. The monoisotopic (exact) mass is 778 g/mol. The van der Waals surface area contributed by atoms with Crippen LogP contribution in [0.1, 0.15) is 48.6 Å². The largest absolute Gasteiger partial charge is 0.228 e. The van der Waals surface area contributed by atoms with Gasteiger partial charge in [0, 0.05) is 27.5 Å². The lowest BCUT2D eigenvalue weighted by atomic mass is 9.74. The van der Waals surface area contributed by atoms with Gasteiger partial charge in [-0.25, -0.2) is 9.97 Å². The third-order valence-corrected chi connectivity index (χ3v) is 13.8. The van der Waals surface area contributed by atoms with Gasteiger partial charge in [0.2, 0.25) is 0 Å². The molecule has 12 rings (SSSR count). The summed E-state index contributed by atoms with van der Waals surface area (Å²) in [5.74, 6) is 0.712. The van der Waals surface area contributed by atoms with Gasteiger partial charge in [0.05, 0.1) is 11.4 Å². The van der Waals surface area contributed by atoms with Gasteiger partial charge in [-0.05, 0) is 108 Å². The minimum atomic E-state index is -0.259. The zero-order valence-electron chi connectivity index (χ0n) is 34.4. The second kappa shape index (κ2) is 13.3. The van der Waals surface area contributed by atoms with Gasteiger partial charge in [0.25, 0.3) is 0 Å². The van der Waals surface area contributed by atoms with Crippen molar-refractivity contribution in [3.63, 3.8) is 0 Å². The number of fused-ring (bicyclic) bond motifs is 9. The Kier molecular flexibility index (Phi) is 7.74.